The van der Waals surface area contributed by atoms with Gasteiger partial charge in [0.1, 0.15) is 0 Å². The summed E-state index contributed by atoms with van der Waals surface area (Å²) in [6, 6.07) is 3.20. The molecule has 1 aromatic carbocycles. The number of benzene rings is 1. The topological polar surface area (TPSA) is 74.6 Å². The molecule has 4 nitrogen and oxygen atoms in total. The van der Waals surface area contributed by atoms with Crippen LogP contribution in [0.1, 0.15) is 0 Å². The van der Waals surface area contributed by atoms with Crippen LogP contribution >= 0.6 is 0 Å². The van der Waals surface area contributed by atoms with Gasteiger partial charge in [0.05, 0.1) is 11.2 Å². The molecule has 65 valence electrons. The molecule has 0 spiro atoms. The molecular formula is C7H7O4S. The Balaban J connectivity index is 3.33. The second-order valence-corrected chi connectivity index (χ2v) is 3.97. The second-order valence-electron chi connectivity index (χ2n) is 2.27. The van der Waals surface area contributed by atoms with E-state index in [0.717, 1.165) is 18.2 Å². The highest BCUT2D eigenvalue weighted by molar-refractivity contribution is 7.92. The molecule has 0 fully saturated rings. The van der Waals surface area contributed by atoms with Crippen LogP contribution in [-0.2, 0) is 9.84 Å². The number of rotatable bonds is 1. The first-order chi connectivity index (χ1) is 5.41. The third-order valence-electron chi connectivity index (χ3n) is 1.31. The summed E-state index contributed by atoms with van der Waals surface area (Å²) >= 11 is 0. The SMILES string of the molecule is [CH2]S(=O)(=O)c1ccc(O)c(O)c1. The van der Waals surface area contributed by atoms with E-state index < -0.39 is 15.6 Å². The molecule has 0 aromatic heterocycles. The van der Waals surface area contributed by atoms with E-state index >= 15 is 0 Å². The highest BCUT2D eigenvalue weighted by Crippen LogP contribution is 2.26. The summed E-state index contributed by atoms with van der Waals surface area (Å²) in [7, 11) is -3.56. The predicted molar refractivity (Wildman–Crippen MR) is 42.3 cm³/mol. The largest absolute Gasteiger partial charge is 0.504 e. The van der Waals surface area contributed by atoms with Crippen molar-refractivity contribution in [2.24, 2.45) is 0 Å². The molecule has 1 rings (SSSR count). The summed E-state index contributed by atoms with van der Waals surface area (Å²) in [5.74, 6) is -0.831. The van der Waals surface area contributed by atoms with Crippen LogP contribution in [0, 0.1) is 6.26 Å². The van der Waals surface area contributed by atoms with Gasteiger partial charge >= 0.3 is 0 Å². The average Bonchev–Trinajstić information content (AvgIpc) is 1.92. The molecule has 5 heteroatoms. The molecule has 12 heavy (non-hydrogen) atoms. The standard InChI is InChI=1S/C7H7O4S/c1-12(10,11)5-2-3-6(8)7(9)4-5/h2-4,8-9H,1H2. The fourth-order valence-corrected chi connectivity index (χ4v) is 1.26. The van der Waals surface area contributed by atoms with E-state index in [2.05, 4.69) is 6.26 Å². The minimum atomic E-state index is -3.56. The normalized spacial score (nSPS) is 11.4. The van der Waals surface area contributed by atoms with Crippen LogP contribution in [0.15, 0.2) is 23.1 Å². The van der Waals surface area contributed by atoms with Crippen molar-refractivity contribution in [1.29, 1.82) is 0 Å². The summed E-state index contributed by atoms with van der Waals surface area (Å²) in [4.78, 5) is -0.127. The lowest BCUT2D eigenvalue weighted by Gasteiger charge is -1.99. The molecular weight excluding hydrogens is 180 g/mol. The Labute approximate surface area is 70.0 Å². The van der Waals surface area contributed by atoms with Crippen LogP contribution in [0.5, 0.6) is 11.5 Å². The minimum Gasteiger partial charge on any atom is -0.504 e. The van der Waals surface area contributed by atoms with E-state index in [4.69, 9.17) is 10.2 Å². The molecule has 0 heterocycles. The fraction of sp³-hybridized carbons (Fsp3) is 0. The molecule has 1 aromatic rings. The molecule has 0 aliphatic carbocycles. The fourth-order valence-electron chi connectivity index (χ4n) is 0.697. The van der Waals surface area contributed by atoms with Gasteiger partial charge in [0.2, 0.25) is 0 Å². The lowest BCUT2D eigenvalue weighted by molar-refractivity contribution is 0.402. The van der Waals surface area contributed by atoms with Gasteiger partial charge in [-0.05, 0) is 12.1 Å². The number of phenolic OH excluding ortho intramolecular Hbond substituents is 2. The number of aromatic hydroxyl groups is 2. The maximum absolute atomic E-state index is 10.8. The van der Waals surface area contributed by atoms with Gasteiger partial charge in [0.25, 0.3) is 0 Å². The van der Waals surface area contributed by atoms with Gasteiger partial charge in [-0.3, -0.25) is 0 Å². The summed E-state index contributed by atoms with van der Waals surface area (Å²) < 4.78 is 21.6. The Kier molecular flexibility index (Phi) is 1.97. The van der Waals surface area contributed by atoms with Crippen molar-refractivity contribution in [3.05, 3.63) is 24.5 Å². The summed E-state index contributed by atoms with van der Waals surface area (Å²) in [6.45, 7) is 0. The van der Waals surface area contributed by atoms with Crippen LogP contribution in [0.2, 0.25) is 0 Å². The van der Waals surface area contributed by atoms with Crippen molar-refractivity contribution in [3.63, 3.8) is 0 Å². The van der Waals surface area contributed by atoms with Crippen molar-refractivity contribution in [2.45, 2.75) is 4.90 Å². The molecule has 0 unspecified atom stereocenters. The first kappa shape index (κ1) is 8.86. The van der Waals surface area contributed by atoms with Gasteiger partial charge in [-0.1, -0.05) is 0 Å². The molecule has 1 radical (unpaired) electrons. The Hall–Kier alpha value is -1.23. The minimum absolute atomic E-state index is 0.127. The lowest BCUT2D eigenvalue weighted by atomic mass is 10.3. The zero-order chi connectivity index (χ0) is 9.35. The predicted octanol–water partition coefficient (Wildman–Crippen LogP) is 0.663. The first-order valence-electron chi connectivity index (χ1n) is 3.01. The summed E-state index contributed by atoms with van der Waals surface area (Å²) in [5.41, 5.74) is 0. The van der Waals surface area contributed by atoms with Crippen molar-refractivity contribution < 1.29 is 18.6 Å². The third kappa shape index (κ3) is 1.68. The van der Waals surface area contributed by atoms with Gasteiger partial charge in [-0.25, -0.2) is 8.42 Å². The van der Waals surface area contributed by atoms with E-state index in [1.807, 2.05) is 0 Å². The van der Waals surface area contributed by atoms with Crippen LogP contribution in [0.4, 0.5) is 0 Å². The summed E-state index contributed by atoms with van der Waals surface area (Å²) in [5, 5.41) is 17.8. The van der Waals surface area contributed by atoms with Crippen LogP contribution in [-0.4, -0.2) is 18.6 Å². The van der Waals surface area contributed by atoms with Crippen LogP contribution in [0.3, 0.4) is 0 Å². The number of hydrogen-bond acceptors (Lipinski definition) is 4. The maximum atomic E-state index is 10.8. The third-order valence-corrected chi connectivity index (χ3v) is 2.28. The Morgan fingerprint density at radius 1 is 1.17 bits per heavy atom. The highest BCUT2D eigenvalue weighted by Gasteiger charge is 2.09. The Morgan fingerprint density at radius 3 is 2.17 bits per heavy atom. The number of sulfone groups is 1. The van der Waals surface area contributed by atoms with Crippen molar-refractivity contribution in [2.75, 3.05) is 0 Å². The maximum Gasteiger partial charge on any atom is 0.179 e. The van der Waals surface area contributed by atoms with E-state index in [9.17, 15) is 8.42 Å². The van der Waals surface area contributed by atoms with E-state index in [1.165, 1.54) is 0 Å². The van der Waals surface area contributed by atoms with Crippen LogP contribution < -0.4 is 0 Å². The molecule has 0 atom stereocenters. The van der Waals surface area contributed by atoms with Gasteiger partial charge in [-0.15, -0.1) is 0 Å². The van der Waals surface area contributed by atoms with E-state index in [0.29, 0.717) is 0 Å². The quantitative estimate of drug-likeness (QED) is 0.633. The molecule has 0 saturated heterocycles. The first-order valence-corrected chi connectivity index (χ1v) is 4.66. The van der Waals surface area contributed by atoms with Gasteiger partial charge in [-0.2, -0.15) is 0 Å². The number of phenols is 2. The van der Waals surface area contributed by atoms with Gasteiger partial charge in [0.15, 0.2) is 21.3 Å². The lowest BCUT2D eigenvalue weighted by Crippen LogP contribution is -1.92. The highest BCUT2D eigenvalue weighted by atomic mass is 32.2. The van der Waals surface area contributed by atoms with Crippen molar-refractivity contribution >= 4 is 9.84 Å². The molecule has 0 aliphatic heterocycles. The van der Waals surface area contributed by atoms with Gasteiger partial charge in [0, 0.05) is 6.07 Å². The average molecular weight is 187 g/mol. The van der Waals surface area contributed by atoms with Crippen molar-refractivity contribution in [1.82, 2.24) is 0 Å². The molecule has 0 saturated carbocycles. The van der Waals surface area contributed by atoms with Crippen molar-refractivity contribution in [3.8, 4) is 11.5 Å². The van der Waals surface area contributed by atoms with E-state index in [1.54, 1.807) is 0 Å². The second kappa shape index (κ2) is 2.67. The number of hydrogen-bond donors (Lipinski definition) is 2. The smallest absolute Gasteiger partial charge is 0.179 e. The Bertz CT molecular complexity index is 394. The molecule has 0 amide bonds. The van der Waals surface area contributed by atoms with Gasteiger partial charge < -0.3 is 10.2 Å². The van der Waals surface area contributed by atoms with E-state index in [-0.39, 0.29) is 10.6 Å². The molecule has 0 aliphatic rings. The molecule has 0 bridgehead atoms. The molecule has 2 N–H and O–H groups in total. The monoisotopic (exact) mass is 187 g/mol. The Morgan fingerprint density at radius 2 is 1.75 bits per heavy atom. The van der Waals surface area contributed by atoms with Crippen LogP contribution in [0.25, 0.3) is 0 Å². The zero-order valence-electron chi connectivity index (χ0n) is 6.06. The summed E-state index contributed by atoms with van der Waals surface area (Å²) in [6.07, 6.45) is 2.89. The zero-order valence-corrected chi connectivity index (χ0v) is 6.87.